The molecule has 0 fully saturated rings. The summed E-state index contributed by atoms with van der Waals surface area (Å²) in [7, 11) is 3.14. The molecule has 0 radical (unpaired) electrons. The van der Waals surface area contributed by atoms with Gasteiger partial charge in [0.15, 0.2) is 11.5 Å². The number of carbonyl (C=O) groups excluding carboxylic acids is 1. The van der Waals surface area contributed by atoms with E-state index in [9.17, 15) is 4.79 Å². The molecule has 2 rings (SSSR count). The number of hydrogen-bond acceptors (Lipinski definition) is 5. The third-order valence-corrected chi connectivity index (χ3v) is 3.50. The minimum Gasteiger partial charge on any atom is -0.493 e. The van der Waals surface area contributed by atoms with Crippen molar-refractivity contribution in [1.82, 2.24) is 0 Å². The standard InChI is InChI=1S/C20H22O5/c1-15-6-4-5-7-17(15)24-12-13-25-20(21)11-9-16-8-10-18(22-2)19(14-16)23-3/h4-11,14H,12-13H2,1-3H3. The van der Waals surface area contributed by atoms with Gasteiger partial charge in [-0.3, -0.25) is 0 Å². The molecule has 0 aliphatic rings. The van der Waals surface area contributed by atoms with Gasteiger partial charge in [-0.2, -0.15) is 0 Å². The Labute approximate surface area is 147 Å². The van der Waals surface area contributed by atoms with Crippen LogP contribution >= 0.6 is 0 Å². The third-order valence-electron chi connectivity index (χ3n) is 3.50. The minimum absolute atomic E-state index is 0.184. The fourth-order valence-electron chi connectivity index (χ4n) is 2.18. The number of rotatable bonds is 8. The van der Waals surface area contributed by atoms with Gasteiger partial charge in [-0.15, -0.1) is 0 Å². The summed E-state index contributed by atoms with van der Waals surface area (Å²) in [5.41, 5.74) is 1.85. The van der Waals surface area contributed by atoms with E-state index in [1.54, 1.807) is 32.4 Å². The lowest BCUT2D eigenvalue weighted by molar-refractivity contribution is -0.138. The number of ether oxygens (including phenoxy) is 4. The van der Waals surface area contributed by atoms with Crippen molar-refractivity contribution in [2.75, 3.05) is 27.4 Å². The molecule has 5 heteroatoms. The quantitative estimate of drug-likeness (QED) is 0.416. The normalized spacial score (nSPS) is 10.5. The fourth-order valence-corrected chi connectivity index (χ4v) is 2.18. The number of para-hydroxylation sites is 1. The first-order chi connectivity index (χ1) is 12.1. The highest BCUT2D eigenvalue weighted by Crippen LogP contribution is 2.27. The summed E-state index contributed by atoms with van der Waals surface area (Å²) in [5.74, 6) is 1.60. The van der Waals surface area contributed by atoms with Crippen molar-refractivity contribution < 1.29 is 23.7 Å². The number of carbonyl (C=O) groups is 1. The Hall–Kier alpha value is -2.95. The summed E-state index contributed by atoms with van der Waals surface area (Å²) in [6, 6.07) is 13.1. The van der Waals surface area contributed by atoms with Crippen LogP contribution in [0, 0.1) is 6.92 Å². The number of hydrogen-bond donors (Lipinski definition) is 0. The van der Waals surface area contributed by atoms with Crippen LogP contribution in [0.15, 0.2) is 48.5 Å². The first kappa shape index (κ1) is 18.4. The van der Waals surface area contributed by atoms with Crippen LogP contribution in [0.1, 0.15) is 11.1 Å². The van der Waals surface area contributed by atoms with E-state index in [-0.39, 0.29) is 6.61 Å². The fraction of sp³-hybridized carbons (Fsp3) is 0.250. The van der Waals surface area contributed by atoms with Gasteiger partial charge in [0.05, 0.1) is 14.2 Å². The number of methoxy groups -OCH3 is 2. The second kappa shape index (κ2) is 9.37. The summed E-state index contributed by atoms with van der Waals surface area (Å²) in [6.07, 6.45) is 3.03. The number of aryl methyl sites for hydroxylation is 1. The lowest BCUT2D eigenvalue weighted by atomic mass is 10.2. The molecule has 0 aliphatic carbocycles. The molecule has 0 amide bonds. The summed E-state index contributed by atoms with van der Waals surface area (Å²) < 4.78 is 21.1. The number of esters is 1. The predicted octanol–water partition coefficient (Wildman–Crippen LogP) is 3.65. The summed E-state index contributed by atoms with van der Waals surface area (Å²) in [6.45, 7) is 2.46. The maximum absolute atomic E-state index is 11.8. The van der Waals surface area contributed by atoms with Crippen LogP contribution in [-0.4, -0.2) is 33.4 Å². The molecule has 0 bridgehead atoms. The average Bonchev–Trinajstić information content (AvgIpc) is 2.64. The maximum Gasteiger partial charge on any atom is 0.330 e. The zero-order valence-corrected chi connectivity index (χ0v) is 14.7. The maximum atomic E-state index is 11.8. The van der Waals surface area contributed by atoms with E-state index in [2.05, 4.69) is 0 Å². The van der Waals surface area contributed by atoms with Gasteiger partial charge in [-0.1, -0.05) is 24.3 Å². The van der Waals surface area contributed by atoms with Crippen molar-refractivity contribution in [2.24, 2.45) is 0 Å². The van der Waals surface area contributed by atoms with Crippen molar-refractivity contribution in [2.45, 2.75) is 6.92 Å². The molecule has 2 aromatic rings. The highest BCUT2D eigenvalue weighted by atomic mass is 16.6. The van der Waals surface area contributed by atoms with E-state index in [1.807, 2.05) is 37.3 Å². The third kappa shape index (κ3) is 5.57. The summed E-state index contributed by atoms with van der Waals surface area (Å²) in [5, 5.41) is 0. The van der Waals surface area contributed by atoms with E-state index < -0.39 is 5.97 Å². The van der Waals surface area contributed by atoms with Crippen LogP contribution in [0.5, 0.6) is 17.2 Å². The van der Waals surface area contributed by atoms with Gasteiger partial charge in [0.25, 0.3) is 0 Å². The second-order valence-corrected chi connectivity index (χ2v) is 5.23. The van der Waals surface area contributed by atoms with Crippen molar-refractivity contribution in [1.29, 1.82) is 0 Å². The molecule has 0 spiro atoms. The zero-order chi connectivity index (χ0) is 18.1. The van der Waals surface area contributed by atoms with Gasteiger partial charge in [0, 0.05) is 6.08 Å². The van der Waals surface area contributed by atoms with Crippen LogP contribution < -0.4 is 14.2 Å². The van der Waals surface area contributed by atoms with Gasteiger partial charge in [0.2, 0.25) is 0 Å². The van der Waals surface area contributed by atoms with Gasteiger partial charge in [0.1, 0.15) is 19.0 Å². The molecule has 0 aliphatic heterocycles. The molecule has 132 valence electrons. The van der Waals surface area contributed by atoms with Crippen molar-refractivity contribution >= 4 is 12.0 Å². The predicted molar refractivity (Wildman–Crippen MR) is 96.2 cm³/mol. The van der Waals surface area contributed by atoms with E-state index in [1.165, 1.54) is 6.08 Å². The smallest absolute Gasteiger partial charge is 0.330 e. The molecule has 0 aromatic heterocycles. The van der Waals surface area contributed by atoms with Crippen molar-refractivity contribution in [3.63, 3.8) is 0 Å². The lowest BCUT2D eigenvalue weighted by Gasteiger charge is -2.08. The van der Waals surface area contributed by atoms with E-state index in [0.717, 1.165) is 16.9 Å². The summed E-state index contributed by atoms with van der Waals surface area (Å²) in [4.78, 5) is 11.8. The zero-order valence-electron chi connectivity index (χ0n) is 14.7. The van der Waals surface area contributed by atoms with E-state index in [4.69, 9.17) is 18.9 Å². The largest absolute Gasteiger partial charge is 0.493 e. The van der Waals surface area contributed by atoms with Crippen LogP contribution in [0.3, 0.4) is 0 Å². The molecule has 0 atom stereocenters. The highest BCUT2D eigenvalue weighted by molar-refractivity contribution is 5.87. The lowest BCUT2D eigenvalue weighted by Crippen LogP contribution is -2.10. The second-order valence-electron chi connectivity index (χ2n) is 5.23. The van der Waals surface area contributed by atoms with E-state index in [0.29, 0.717) is 18.1 Å². The molecular weight excluding hydrogens is 320 g/mol. The molecule has 0 heterocycles. The average molecular weight is 342 g/mol. The Balaban J connectivity index is 1.80. The van der Waals surface area contributed by atoms with Gasteiger partial charge < -0.3 is 18.9 Å². The molecule has 5 nitrogen and oxygen atoms in total. The Morgan fingerprint density at radius 1 is 0.960 bits per heavy atom. The molecule has 0 saturated heterocycles. The Bertz CT molecular complexity index is 737. The van der Waals surface area contributed by atoms with Gasteiger partial charge in [-0.05, 0) is 42.3 Å². The molecule has 2 aromatic carbocycles. The first-order valence-electron chi connectivity index (χ1n) is 7.89. The Kier molecular flexibility index (Phi) is 6.89. The highest BCUT2D eigenvalue weighted by Gasteiger charge is 2.04. The number of benzene rings is 2. The topological polar surface area (TPSA) is 54.0 Å². The Morgan fingerprint density at radius 3 is 2.44 bits per heavy atom. The molecule has 0 unspecified atom stereocenters. The van der Waals surface area contributed by atoms with Crippen LogP contribution in [-0.2, 0) is 9.53 Å². The van der Waals surface area contributed by atoms with Gasteiger partial charge >= 0.3 is 5.97 Å². The van der Waals surface area contributed by atoms with Gasteiger partial charge in [-0.25, -0.2) is 4.79 Å². The first-order valence-corrected chi connectivity index (χ1v) is 7.89. The molecule has 0 N–H and O–H groups in total. The Morgan fingerprint density at radius 2 is 1.72 bits per heavy atom. The van der Waals surface area contributed by atoms with Crippen LogP contribution in [0.4, 0.5) is 0 Å². The SMILES string of the molecule is COc1ccc(C=CC(=O)OCCOc2ccccc2C)cc1OC. The van der Waals surface area contributed by atoms with Crippen LogP contribution in [0.2, 0.25) is 0 Å². The summed E-state index contributed by atoms with van der Waals surface area (Å²) >= 11 is 0. The monoisotopic (exact) mass is 342 g/mol. The van der Waals surface area contributed by atoms with Crippen molar-refractivity contribution in [3.8, 4) is 17.2 Å². The van der Waals surface area contributed by atoms with Crippen LogP contribution in [0.25, 0.3) is 6.08 Å². The van der Waals surface area contributed by atoms with E-state index >= 15 is 0 Å². The molecular formula is C20H22O5. The molecule has 0 saturated carbocycles. The minimum atomic E-state index is -0.428. The van der Waals surface area contributed by atoms with Crippen molar-refractivity contribution in [3.05, 3.63) is 59.7 Å². The molecule has 25 heavy (non-hydrogen) atoms.